The summed E-state index contributed by atoms with van der Waals surface area (Å²) in [5.74, 6) is -1.59. The SMILES string of the molecule is O=C(O)c1cc(F)ccc1NC1CCCC1CO. The van der Waals surface area contributed by atoms with Crippen molar-refractivity contribution in [3.63, 3.8) is 0 Å². The van der Waals surface area contributed by atoms with Crippen molar-refractivity contribution in [1.29, 1.82) is 0 Å². The number of anilines is 1. The molecule has 2 unspecified atom stereocenters. The van der Waals surface area contributed by atoms with Crippen LogP contribution in [0, 0.1) is 11.7 Å². The summed E-state index contributed by atoms with van der Waals surface area (Å²) in [6.07, 6.45) is 2.83. The molecule has 1 fully saturated rings. The second-order valence-electron chi connectivity index (χ2n) is 4.62. The minimum Gasteiger partial charge on any atom is -0.478 e. The number of nitrogens with one attached hydrogen (secondary N) is 1. The predicted molar refractivity (Wildman–Crippen MR) is 65.2 cm³/mol. The van der Waals surface area contributed by atoms with Crippen LogP contribution in [-0.2, 0) is 0 Å². The third kappa shape index (κ3) is 2.61. The van der Waals surface area contributed by atoms with E-state index in [0.717, 1.165) is 25.3 Å². The number of halogens is 1. The molecule has 0 heterocycles. The van der Waals surface area contributed by atoms with E-state index >= 15 is 0 Å². The molecule has 1 aliphatic rings. The zero-order valence-electron chi connectivity index (χ0n) is 9.90. The smallest absolute Gasteiger partial charge is 0.337 e. The van der Waals surface area contributed by atoms with Crippen LogP contribution < -0.4 is 5.32 Å². The molecule has 18 heavy (non-hydrogen) atoms. The molecule has 3 N–H and O–H groups in total. The number of benzene rings is 1. The van der Waals surface area contributed by atoms with Gasteiger partial charge < -0.3 is 15.5 Å². The number of carboxylic acid groups (broad SMARTS) is 1. The number of carboxylic acids is 1. The molecule has 2 rings (SSSR count). The molecule has 1 aromatic rings. The average Bonchev–Trinajstić information content (AvgIpc) is 2.78. The van der Waals surface area contributed by atoms with Crippen molar-refractivity contribution in [3.05, 3.63) is 29.6 Å². The van der Waals surface area contributed by atoms with Crippen molar-refractivity contribution < 1.29 is 19.4 Å². The van der Waals surface area contributed by atoms with Crippen molar-refractivity contribution in [2.75, 3.05) is 11.9 Å². The second kappa shape index (κ2) is 5.35. The van der Waals surface area contributed by atoms with Crippen LogP contribution in [0.25, 0.3) is 0 Å². The van der Waals surface area contributed by atoms with Crippen molar-refractivity contribution in [3.8, 4) is 0 Å². The van der Waals surface area contributed by atoms with Gasteiger partial charge in [0.15, 0.2) is 0 Å². The summed E-state index contributed by atoms with van der Waals surface area (Å²) >= 11 is 0. The number of aromatic carboxylic acids is 1. The quantitative estimate of drug-likeness (QED) is 0.768. The largest absolute Gasteiger partial charge is 0.478 e. The van der Waals surface area contributed by atoms with E-state index in [-0.39, 0.29) is 24.1 Å². The lowest BCUT2D eigenvalue weighted by atomic mass is 10.0. The van der Waals surface area contributed by atoms with Gasteiger partial charge in [0.05, 0.1) is 5.56 Å². The topological polar surface area (TPSA) is 69.6 Å². The van der Waals surface area contributed by atoms with Crippen molar-refractivity contribution in [2.24, 2.45) is 5.92 Å². The molecule has 4 nitrogen and oxygen atoms in total. The van der Waals surface area contributed by atoms with Crippen LogP contribution >= 0.6 is 0 Å². The first-order valence-corrected chi connectivity index (χ1v) is 6.02. The van der Waals surface area contributed by atoms with E-state index in [2.05, 4.69) is 5.32 Å². The van der Waals surface area contributed by atoms with Gasteiger partial charge in [-0.05, 0) is 31.0 Å². The van der Waals surface area contributed by atoms with Crippen LogP contribution in [0.1, 0.15) is 29.6 Å². The lowest BCUT2D eigenvalue weighted by molar-refractivity contribution is 0.0697. The molecule has 2 atom stereocenters. The Labute approximate surface area is 104 Å². The minimum atomic E-state index is -1.16. The van der Waals surface area contributed by atoms with Gasteiger partial charge in [-0.3, -0.25) is 0 Å². The van der Waals surface area contributed by atoms with Crippen LogP contribution in [-0.4, -0.2) is 28.8 Å². The first-order chi connectivity index (χ1) is 8.61. The lowest BCUT2D eigenvalue weighted by Gasteiger charge is -2.21. The van der Waals surface area contributed by atoms with Crippen molar-refractivity contribution in [1.82, 2.24) is 0 Å². The molecule has 0 radical (unpaired) electrons. The Hall–Kier alpha value is -1.62. The molecule has 0 aromatic heterocycles. The summed E-state index contributed by atoms with van der Waals surface area (Å²) in [4.78, 5) is 11.0. The number of hydrogen-bond donors (Lipinski definition) is 3. The first kappa shape index (κ1) is 12.8. The van der Waals surface area contributed by atoms with Gasteiger partial charge in [-0.2, -0.15) is 0 Å². The Morgan fingerprint density at radius 2 is 2.22 bits per heavy atom. The van der Waals surface area contributed by atoms with Crippen molar-refractivity contribution in [2.45, 2.75) is 25.3 Å². The van der Waals surface area contributed by atoms with Gasteiger partial charge in [0.25, 0.3) is 0 Å². The highest BCUT2D eigenvalue weighted by Gasteiger charge is 2.27. The van der Waals surface area contributed by atoms with Gasteiger partial charge in [0.2, 0.25) is 0 Å². The van der Waals surface area contributed by atoms with E-state index in [1.165, 1.54) is 12.1 Å². The summed E-state index contributed by atoms with van der Waals surface area (Å²) < 4.78 is 13.0. The summed E-state index contributed by atoms with van der Waals surface area (Å²) in [7, 11) is 0. The van der Waals surface area contributed by atoms with Crippen molar-refractivity contribution >= 4 is 11.7 Å². The van der Waals surface area contributed by atoms with Gasteiger partial charge in [-0.15, -0.1) is 0 Å². The maximum Gasteiger partial charge on any atom is 0.337 e. The van der Waals surface area contributed by atoms with E-state index < -0.39 is 11.8 Å². The minimum absolute atomic E-state index is 0.0542. The maximum atomic E-state index is 13.0. The maximum absolute atomic E-state index is 13.0. The number of carbonyl (C=O) groups is 1. The van der Waals surface area contributed by atoms with Crippen LogP contribution in [0.15, 0.2) is 18.2 Å². The normalized spacial score (nSPS) is 23.0. The molecule has 0 aliphatic heterocycles. The highest BCUT2D eigenvalue weighted by atomic mass is 19.1. The zero-order valence-corrected chi connectivity index (χ0v) is 9.90. The molecule has 1 aromatic carbocycles. The van der Waals surface area contributed by atoms with Gasteiger partial charge in [0, 0.05) is 24.3 Å². The Morgan fingerprint density at radius 3 is 2.89 bits per heavy atom. The Bertz CT molecular complexity index is 450. The third-order valence-corrected chi connectivity index (χ3v) is 3.45. The number of aliphatic hydroxyl groups excluding tert-OH is 1. The Balaban J connectivity index is 2.20. The van der Waals surface area contributed by atoms with E-state index in [9.17, 15) is 14.3 Å². The summed E-state index contributed by atoms with van der Waals surface area (Å²) in [5.41, 5.74) is 0.341. The second-order valence-corrected chi connectivity index (χ2v) is 4.62. The van der Waals surface area contributed by atoms with Crippen LogP contribution in [0.4, 0.5) is 10.1 Å². The number of hydrogen-bond acceptors (Lipinski definition) is 3. The molecule has 0 spiro atoms. The molecular weight excluding hydrogens is 237 g/mol. The zero-order chi connectivity index (χ0) is 13.1. The molecule has 1 saturated carbocycles. The average molecular weight is 253 g/mol. The molecule has 0 amide bonds. The molecule has 1 aliphatic carbocycles. The predicted octanol–water partition coefficient (Wildman–Crippen LogP) is 2.10. The highest BCUT2D eigenvalue weighted by molar-refractivity contribution is 5.94. The van der Waals surface area contributed by atoms with E-state index in [1.54, 1.807) is 0 Å². The van der Waals surface area contributed by atoms with Crippen LogP contribution in [0.5, 0.6) is 0 Å². The lowest BCUT2D eigenvalue weighted by Crippen LogP contribution is -2.27. The number of aliphatic hydroxyl groups is 1. The molecule has 5 heteroatoms. The van der Waals surface area contributed by atoms with Gasteiger partial charge in [-0.1, -0.05) is 6.42 Å². The Morgan fingerprint density at radius 1 is 1.44 bits per heavy atom. The van der Waals surface area contributed by atoms with Gasteiger partial charge >= 0.3 is 5.97 Å². The molecule has 0 saturated heterocycles. The van der Waals surface area contributed by atoms with Gasteiger partial charge in [0.1, 0.15) is 5.82 Å². The standard InChI is InChI=1S/C13H16FNO3/c14-9-4-5-12(10(6-9)13(17)18)15-11-3-1-2-8(11)7-16/h4-6,8,11,15-16H,1-3,7H2,(H,17,18). The molecule has 0 bridgehead atoms. The molecule has 98 valence electrons. The third-order valence-electron chi connectivity index (χ3n) is 3.45. The summed E-state index contributed by atoms with van der Waals surface area (Å²) in [6.45, 7) is 0.0846. The van der Waals surface area contributed by atoms with Crippen LogP contribution in [0.3, 0.4) is 0 Å². The summed E-state index contributed by atoms with van der Waals surface area (Å²) in [5, 5.41) is 21.4. The van der Waals surface area contributed by atoms with E-state index in [0.29, 0.717) is 5.69 Å². The number of rotatable bonds is 4. The highest BCUT2D eigenvalue weighted by Crippen LogP contribution is 2.29. The Kier molecular flexibility index (Phi) is 3.81. The van der Waals surface area contributed by atoms with E-state index in [4.69, 9.17) is 5.11 Å². The fourth-order valence-electron chi connectivity index (χ4n) is 2.46. The van der Waals surface area contributed by atoms with Crippen LogP contribution in [0.2, 0.25) is 0 Å². The fourth-order valence-corrected chi connectivity index (χ4v) is 2.46. The summed E-state index contributed by atoms with van der Waals surface area (Å²) in [6, 6.07) is 3.73. The fraction of sp³-hybridized carbons (Fsp3) is 0.462. The monoisotopic (exact) mass is 253 g/mol. The molecular formula is C13H16FNO3. The van der Waals surface area contributed by atoms with E-state index in [1.807, 2.05) is 0 Å². The van der Waals surface area contributed by atoms with Gasteiger partial charge in [-0.25, -0.2) is 9.18 Å². The first-order valence-electron chi connectivity index (χ1n) is 6.02.